The maximum atomic E-state index is 11.7. The third-order valence-corrected chi connectivity index (χ3v) is 4.12. The van der Waals surface area contributed by atoms with Gasteiger partial charge in [0.1, 0.15) is 0 Å². The van der Waals surface area contributed by atoms with Crippen molar-refractivity contribution in [2.24, 2.45) is 11.8 Å². The maximum Gasteiger partial charge on any atom is 0.306 e. The molecule has 0 aromatic rings. The molecule has 0 amide bonds. The highest BCUT2D eigenvalue weighted by atomic mass is 16.5. The molecular formula is C14H25NO2. The van der Waals surface area contributed by atoms with Crippen LogP contribution in [0.2, 0.25) is 0 Å². The Morgan fingerprint density at radius 1 is 1.00 bits per heavy atom. The topological polar surface area (TPSA) is 38.3 Å². The fourth-order valence-corrected chi connectivity index (χ4v) is 2.95. The third-order valence-electron chi connectivity index (χ3n) is 4.12. The summed E-state index contributed by atoms with van der Waals surface area (Å²) in [4.78, 5) is 11.7. The summed E-state index contributed by atoms with van der Waals surface area (Å²) in [6.07, 6.45) is 9.37. The van der Waals surface area contributed by atoms with E-state index in [1.165, 1.54) is 32.1 Å². The molecule has 0 bridgehead atoms. The number of hydrogen-bond acceptors (Lipinski definition) is 3. The average Bonchev–Trinajstić information content (AvgIpc) is 2.39. The van der Waals surface area contributed by atoms with Gasteiger partial charge >= 0.3 is 5.97 Å². The van der Waals surface area contributed by atoms with Gasteiger partial charge < -0.3 is 10.1 Å². The lowest BCUT2D eigenvalue weighted by molar-refractivity contribution is -0.146. The molecule has 98 valence electrons. The molecule has 0 aromatic heterocycles. The first-order chi connectivity index (χ1) is 8.34. The Morgan fingerprint density at radius 3 is 2.41 bits per heavy atom. The predicted molar refractivity (Wildman–Crippen MR) is 67.7 cm³/mol. The number of esters is 1. The van der Waals surface area contributed by atoms with E-state index in [1.54, 1.807) is 0 Å². The summed E-state index contributed by atoms with van der Waals surface area (Å²) in [6, 6.07) is 0. The van der Waals surface area contributed by atoms with Gasteiger partial charge in [0.25, 0.3) is 0 Å². The van der Waals surface area contributed by atoms with Crippen LogP contribution in [0, 0.1) is 11.8 Å². The zero-order valence-corrected chi connectivity index (χ0v) is 10.7. The molecule has 1 saturated carbocycles. The lowest BCUT2D eigenvalue weighted by Crippen LogP contribution is -2.29. The first kappa shape index (κ1) is 12.9. The minimum atomic E-state index is 0.0301. The molecule has 0 atom stereocenters. The third kappa shape index (κ3) is 4.66. The van der Waals surface area contributed by atoms with Crippen molar-refractivity contribution < 1.29 is 9.53 Å². The molecule has 0 radical (unpaired) electrons. The number of carbonyl (C=O) groups is 1. The predicted octanol–water partition coefficient (Wildman–Crippen LogP) is 2.50. The van der Waals surface area contributed by atoms with Gasteiger partial charge in [0.15, 0.2) is 0 Å². The van der Waals surface area contributed by atoms with E-state index in [0.29, 0.717) is 24.9 Å². The Balaban J connectivity index is 1.59. The number of carbonyl (C=O) groups excluding carboxylic acids is 1. The van der Waals surface area contributed by atoms with Gasteiger partial charge in [0, 0.05) is 6.42 Å². The van der Waals surface area contributed by atoms with Gasteiger partial charge in [0.2, 0.25) is 0 Å². The van der Waals surface area contributed by atoms with E-state index in [9.17, 15) is 4.79 Å². The molecule has 2 fully saturated rings. The largest absolute Gasteiger partial charge is 0.465 e. The smallest absolute Gasteiger partial charge is 0.306 e. The summed E-state index contributed by atoms with van der Waals surface area (Å²) in [5.74, 6) is 1.22. The van der Waals surface area contributed by atoms with Crippen molar-refractivity contribution in [1.29, 1.82) is 0 Å². The van der Waals surface area contributed by atoms with Gasteiger partial charge in [-0.1, -0.05) is 19.3 Å². The molecule has 2 aliphatic rings. The van der Waals surface area contributed by atoms with E-state index in [2.05, 4.69) is 5.32 Å². The van der Waals surface area contributed by atoms with Crippen molar-refractivity contribution in [3.8, 4) is 0 Å². The number of rotatable bonds is 4. The van der Waals surface area contributed by atoms with Crippen LogP contribution < -0.4 is 5.32 Å². The summed E-state index contributed by atoms with van der Waals surface area (Å²) in [7, 11) is 0. The lowest BCUT2D eigenvalue weighted by atomic mass is 9.90. The van der Waals surface area contributed by atoms with Gasteiger partial charge in [0.05, 0.1) is 6.61 Å². The maximum absolute atomic E-state index is 11.7. The van der Waals surface area contributed by atoms with Crippen LogP contribution in [0.4, 0.5) is 0 Å². The molecule has 1 aliphatic heterocycles. The minimum Gasteiger partial charge on any atom is -0.465 e. The van der Waals surface area contributed by atoms with Gasteiger partial charge in [-0.3, -0.25) is 4.79 Å². The lowest BCUT2D eigenvalue weighted by Gasteiger charge is -2.23. The molecular weight excluding hydrogens is 214 g/mol. The molecule has 3 heteroatoms. The van der Waals surface area contributed by atoms with Crippen LogP contribution in [-0.2, 0) is 9.53 Å². The van der Waals surface area contributed by atoms with Crippen LogP contribution in [-0.4, -0.2) is 25.7 Å². The Hall–Kier alpha value is -0.570. The van der Waals surface area contributed by atoms with Crippen LogP contribution in [0.1, 0.15) is 51.4 Å². The normalized spacial score (nSPS) is 23.5. The molecule has 0 aromatic carbocycles. The molecule has 1 heterocycles. The van der Waals surface area contributed by atoms with Crippen LogP contribution >= 0.6 is 0 Å². The van der Waals surface area contributed by atoms with E-state index < -0.39 is 0 Å². The number of nitrogens with one attached hydrogen (secondary N) is 1. The SMILES string of the molecule is O=C(CC1CCNCC1)OCC1CCCCC1. The van der Waals surface area contributed by atoms with E-state index in [-0.39, 0.29) is 5.97 Å². The van der Waals surface area contributed by atoms with Crippen LogP contribution in [0.3, 0.4) is 0 Å². The Labute approximate surface area is 104 Å². The van der Waals surface area contributed by atoms with Gasteiger partial charge in [-0.2, -0.15) is 0 Å². The summed E-state index contributed by atoms with van der Waals surface area (Å²) >= 11 is 0. The van der Waals surface area contributed by atoms with Gasteiger partial charge in [-0.05, 0) is 50.6 Å². The van der Waals surface area contributed by atoms with Crippen molar-refractivity contribution in [3.05, 3.63) is 0 Å². The molecule has 2 rings (SSSR count). The van der Waals surface area contributed by atoms with E-state index >= 15 is 0 Å². The Bertz CT molecular complexity index is 230. The second-order valence-corrected chi connectivity index (χ2v) is 5.58. The van der Waals surface area contributed by atoms with Gasteiger partial charge in [-0.25, -0.2) is 0 Å². The van der Waals surface area contributed by atoms with Crippen molar-refractivity contribution in [1.82, 2.24) is 5.32 Å². The zero-order chi connectivity index (χ0) is 11.9. The van der Waals surface area contributed by atoms with Crippen molar-refractivity contribution in [2.75, 3.05) is 19.7 Å². The molecule has 0 spiro atoms. The van der Waals surface area contributed by atoms with Crippen molar-refractivity contribution >= 4 is 5.97 Å². The molecule has 0 unspecified atom stereocenters. The highest BCUT2D eigenvalue weighted by Gasteiger charge is 2.19. The van der Waals surface area contributed by atoms with E-state index in [0.717, 1.165) is 25.9 Å². The van der Waals surface area contributed by atoms with E-state index in [1.807, 2.05) is 0 Å². The minimum absolute atomic E-state index is 0.0301. The molecule has 1 aliphatic carbocycles. The highest BCUT2D eigenvalue weighted by Crippen LogP contribution is 2.24. The highest BCUT2D eigenvalue weighted by molar-refractivity contribution is 5.69. The summed E-state index contributed by atoms with van der Waals surface area (Å²) in [5, 5.41) is 3.32. The number of ether oxygens (including phenoxy) is 1. The van der Waals surface area contributed by atoms with Crippen molar-refractivity contribution in [3.63, 3.8) is 0 Å². The molecule has 1 N–H and O–H groups in total. The Morgan fingerprint density at radius 2 is 1.71 bits per heavy atom. The average molecular weight is 239 g/mol. The molecule has 1 saturated heterocycles. The number of hydrogen-bond donors (Lipinski definition) is 1. The fraction of sp³-hybridized carbons (Fsp3) is 0.929. The van der Waals surface area contributed by atoms with Crippen LogP contribution in [0.25, 0.3) is 0 Å². The van der Waals surface area contributed by atoms with Crippen LogP contribution in [0.15, 0.2) is 0 Å². The van der Waals surface area contributed by atoms with E-state index in [4.69, 9.17) is 4.74 Å². The first-order valence-corrected chi connectivity index (χ1v) is 7.21. The fourth-order valence-electron chi connectivity index (χ4n) is 2.95. The van der Waals surface area contributed by atoms with Crippen LogP contribution in [0.5, 0.6) is 0 Å². The molecule has 17 heavy (non-hydrogen) atoms. The molecule has 3 nitrogen and oxygen atoms in total. The summed E-state index contributed by atoms with van der Waals surface area (Å²) in [6.45, 7) is 2.78. The zero-order valence-electron chi connectivity index (χ0n) is 10.7. The monoisotopic (exact) mass is 239 g/mol. The summed E-state index contributed by atoms with van der Waals surface area (Å²) in [5.41, 5.74) is 0. The van der Waals surface area contributed by atoms with Crippen molar-refractivity contribution in [2.45, 2.75) is 51.4 Å². The summed E-state index contributed by atoms with van der Waals surface area (Å²) < 4.78 is 5.42. The second kappa shape index (κ2) is 7.00. The number of piperidine rings is 1. The quantitative estimate of drug-likeness (QED) is 0.766. The Kier molecular flexibility index (Phi) is 5.30. The first-order valence-electron chi connectivity index (χ1n) is 7.21. The second-order valence-electron chi connectivity index (χ2n) is 5.58. The van der Waals surface area contributed by atoms with Gasteiger partial charge in [-0.15, -0.1) is 0 Å². The standard InChI is InChI=1S/C14H25NO2/c16-14(10-12-6-8-15-9-7-12)17-11-13-4-2-1-3-5-13/h12-13,15H,1-11H2.